The fourth-order valence-corrected chi connectivity index (χ4v) is 3.02. The lowest BCUT2D eigenvalue weighted by atomic mass is 9.89. The molecule has 104 valence electrons. The maximum Gasteiger partial charge on any atom is 0.390 e. The van der Waals surface area contributed by atoms with Crippen LogP contribution in [0.5, 0.6) is 0 Å². The minimum Gasteiger partial charge on any atom is -0.356 e. The van der Waals surface area contributed by atoms with Gasteiger partial charge in [-0.3, -0.25) is 4.79 Å². The van der Waals surface area contributed by atoms with E-state index in [-0.39, 0.29) is 12.5 Å². The summed E-state index contributed by atoms with van der Waals surface area (Å²) in [7, 11) is 0. The van der Waals surface area contributed by atoms with Crippen molar-refractivity contribution in [1.29, 1.82) is 0 Å². The van der Waals surface area contributed by atoms with E-state index in [1.165, 1.54) is 0 Å². The molecule has 2 rings (SSSR count). The second kappa shape index (κ2) is 5.47. The predicted molar refractivity (Wildman–Crippen MR) is 61.0 cm³/mol. The Balaban J connectivity index is 1.65. The highest BCUT2D eigenvalue weighted by molar-refractivity contribution is 5.76. The Morgan fingerprint density at radius 3 is 2.39 bits per heavy atom. The smallest absolute Gasteiger partial charge is 0.356 e. The number of hydrogen-bond donors (Lipinski definition) is 2. The third kappa shape index (κ3) is 4.15. The number of halogens is 3. The number of rotatable bonds is 4. The first-order valence-corrected chi connectivity index (χ1v) is 6.52. The van der Waals surface area contributed by atoms with Crippen LogP contribution < -0.4 is 10.6 Å². The van der Waals surface area contributed by atoms with Gasteiger partial charge < -0.3 is 10.6 Å². The molecule has 2 bridgehead atoms. The lowest BCUT2D eigenvalue weighted by Gasteiger charge is -2.28. The molecule has 0 aromatic carbocycles. The summed E-state index contributed by atoms with van der Waals surface area (Å²) in [4.78, 5) is 11.5. The Morgan fingerprint density at radius 1 is 1.22 bits per heavy atom. The highest BCUT2D eigenvalue weighted by Gasteiger charge is 2.34. The van der Waals surface area contributed by atoms with E-state index < -0.39 is 12.6 Å². The van der Waals surface area contributed by atoms with Gasteiger partial charge in [-0.15, -0.1) is 0 Å². The zero-order valence-electron chi connectivity index (χ0n) is 10.2. The van der Waals surface area contributed by atoms with Crippen molar-refractivity contribution in [3.8, 4) is 0 Å². The van der Waals surface area contributed by atoms with Crippen molar-refractivity contribution in [1.82, 2.24) is 10.6 Å². The lowest BCUT2D eigenvalue weighted by Crippen LogP contribution is -2.40. The summed E-state index contributed by atoms with van der Waals surface area (Å²) in [5.74, 6) is 0.0835. The van der Waals surface area contributed by atoms with Gasteiger partial charge in [-0.2, -0.15) is 13.2 Å². The summed E-state index contributed by atoms with van der Waals surface area (Å²) in [5, 5.41) is 5.83. The van der Waals surface area contributed by atoms with E-state index in [1.807, 2.05) is 0 Å². The SMILES string of the molecule is O=C(CC1CC2CCC(C1)N2)NCCC(F)(F)F. The van der Waals surface area contributed by atoms with Gasteiger partial charge in [-0.1, -0.05) is 0 Å². The maximum atomic E-state index is 11.9. The van der Waals surface area contributed by atoms with E-state index in [0.29, 0.717) is 24.4 Å². The largest absolute Gasteiger partial charge is 0.390 e. The summed E-state index contributed by atoms with van der Waals surface area (Å²) in [6.45, 7) is -0.305. The fraction of sp³-hybridized carbons (Fsp3) is 0.917. The van der Waals surface area contributed by atoms with Crippen molar-refractivity contribution in [3.05, 3.63) is 0 Å². The molecule has 0 saturated carbocycles. The standard InChI is InChI=1S/C12H19F3N2O/c13-12(14,15)3-4-16-11(18)7-8-5-9-1-2-10(6-8)17-9/h8-10,17H,1-7H2,(H,16,18). The molecule has 1 amide bonds. The van der Waals surface area contributed by atoms with Gasteiger partial charge in [0.2, 0.25) is 5.91 Å². The molecular formula is C12H19F3N2O. The summed E-state index contributed by atoms with van der Waals surface area (Å²) < 4.78 is 35.7. The number of piperidine rings is 1. The molecule has 0 aliphatic carbocycles. The maximum absolute atomic E-state index is 11.9. The lowest BCUT2D eigenvalue weighted by molar-refractivity contribution is -0.135. The Hall–Kier alpha value is -0.780. The van der Waals surface area contributed by atoms with Gasteiger partial charge >= 0.3 is 6.18 Å². The monoisotopic (exact) mass is 264 g/mol. The summed E-state index contributed by atoms with van der Waals surface area (Å²) in [6.07, 6.45) is -0.496. The van der Waals surface area contributed by atoms with Crippen molar-refractivity contribution in [2.75, 3.05) is 6.54 Å². The fourth-order valence-electron chi connectivity index (χ4n) is 3.02. The number of nitrogens with one attached hydrogen (secondary N) is 2. The van der Waals surface area contributed by atoms with Gasteiger partial charge in [0.1, 0.15) is 0 Å². The first-order valence-electron chi connectivity index (χ1n) is 6.52. The number of amides is 1. The molecule has 0 aromatic rings. The Morgan fingerprint density at radius 2 is 1.83 bits per heavy atom. The van der Waals surface area contributed by atoms with Crippen molar-refractivity contribution >= 4 is 5.91 Å². The van der Waals surface area contributed by atoms with Crippen LogP contribution in [-0.2, 0) is 4.79 Å². The van der Waals surface area contributed by atoms with Gasteiger partial charge in [0.05, 0.1) is 6.42 Å². The zero-order valence-corrected chi connectivity index (χ0v) is 10.2. The van der Waals surface area contributed by atoms with Crippen LogP contribution in [0.4, 0.5) is 13.2 Å². The number of carbonyl (C=O) groups is 1. The highest BCUT2D eigenvalue weighted by Crippen LogP contribution is 2.32. The minimum atomic E-state index is -4.19. The summed E-state index contributed by atoms with van der Waals surface area (Å²) in [5.41, 5.74) is 0. The van der Waals surface area contributed by atoms with E-state index in [0.717, 1.165) is 25.7 Å². The van der Waals surface area contributed by atoms with Crippen molar-refractivity contribution < 1.29 is 18.0 Å². The molecular weight excluding hydrogens is 245 g/mol. The average molecular weight is 264 g/mol. The molecule has 0 radical (unpaired) electrons. The van der Waals surface area contributed by atoms with Gasteiger partial charge in [0, 0.05) is 25.0 Å². The summed E-state index contributed by atoms with van der Waals surface area (Å²) >= 11 is 0. The molecule has 0 aromatic heterocycles. The van der Waals surface area contributed by atoms with Gasteiger partial charge in [0.25, 0.3) is 0 Å². The van der Waals surface area contributed by atoms with Crippen LogP contribution in [0.25, 0.3) is 0 Å². The second-order valence-corrected chi connectivity index (χ2v) is 5.39. The van der Waals surface area contributed by atoms with Gasteiger partial charge in [-0.05, 0) is 31.6 Å². The highest BCUT2D eigenvalue weighted by atomic mass is 19.4. The zero-order chi connectivity index (χ0) is 13.2. The number of fused-ring (bicyclic) bond motifs is 2. The first kappa shape index (κ1) is 13.6. The van der Waals surface area contributed by atoms with Crippen LogP contribution in [0, 0.1) is 5.92 Å². The number of hydrogen-bond acceptors (Lipinski definition) is 2. The van der Waals surface area contributed by atoms with Crippen LogP contribution in [0.2, 0.25) is 0 Å². The second-order valence-electron chi connectivity index (χ2n) is 5.39. The molecule has 6 heteroatoms. The van der Waals surface area contributed by atoms with Crippen molar-refractivity contribution in [2.24, 2.45) is 5.92 Å². The normalized spacial score (nSPS) is 31.4. The van der Waals surface area contributed by atoms with Crippen molar-refractivity contribution in [2.45, 2.75) is 56.8 Å². The third-order valence-electron chi connectivity index (χ3n) is 3.78. The molecule has 2 aliphatic heterocycles. The topological polar surface area (TPSA) is 41.1 Å². The molecule has 2 atom stereocenters. The van der Waals surface area contributed by atoms with Crippen LogP contribution in [0.1, 0.15) is 38.5 Å². The van der Waals surface area contributed by atoms with Crippen LogP contribution >= 0.6 is 0 Å². The van der Waals surface area contributed by atoms with E-state index in [1.54, 1.807) is 0 Å². The number of alkyl halides is 3. The molecule has 2 unspecified atom stereocenters. The third-order valence-corrected chi connectivity index (χ3v) is 3.78. The molecule has 0 spiro atoms. The molecule has 2 N–H and O–H groups in total. The van der Waals surface area contributed by atoms with Crippen LogP contribution in [-0.4, -0.2) is 30.7 Å². The molecule has 3 nitrogen and oxygen atoms in total. The Labute approximate surface area is 104 Å². The van der Waals surface area contributed by atoms with E-state index >= 15 is 0 Å². The van der Waals surface area contributed by atoms with Crippen molar-refractivity contribution in [3.63, 3.8) is 0 Å². The van der Waals surface area contributed by atoms with E-state index in [9.17, 15) is 18.0 Å². The summed E-state index contributed by atoms with van der Waals surface area (Å²) in [6, 6.07) is 1.02. The molecule has 2 saturated heterocycles. The first-order chi connectivity index (χ1) is 8.42. The number of carbonyl (C=O) groups excluding carboxylic acids is 1. The van der Waals surface area contributed by atoms with Gasteiger partial charge in [-0.25, -0.2) is 0 Å². The van der Waals surface area contributed by atoms with Crippen LogP contribution in [0.3, 0.4) is 0 Å². The Bertz CT molecular complexity index is 294. The van der Waals surface area contributed by atoms with Gasteiger partial charge in [0.15, 0.2) is 0 Å². The predicted octanol–water partition coefficient (Wildman–Crippen LogP) is 1.98. The quantitative estimate of drug-likeness (QED) is 0.815. The van der Waals surface area contributed by atoms with E-state index in [4.69, 9.17) is 0 Å². The average Bonchev–Trinajstić information content (AvgIpc) is 2.56. The van der Waals surface area contributed by atoms with E-state index in [2.05, 4.69) is 10.6 Å². The molecule has 2 fully saturated rings. The molecule has 2 heterocycles. The Kier molecular flexibility index (Phi) is 4.14. The van der Waals surface area contributed by atoms with Crippen LogP contribution in [0.15, 0.2) is 0 Å². The minimum absolute atomic E-state index is 0.245. The molecule has 18 heavy (non-hydrogen) atoms. The molecule has 2 aliphatic rings.